The number of phenolic OH excluding ortho intramolecular Hbond substituents is 1. The number of carbonyl (C=O) groups is 4. The highest BCUT2D eigenvalue weighted by Crippen LogP contribution is 2.64. The largest absolute Gasteiger partial charge is 0.504 e. The molecule has 0 radical (unpaired) electrons. The smallest absolute Gasteiger partial charge is 0.417 e. The van der Waals surface area contributed by atoms with Crippen molar-refractivity contribution in [3.05, 3.63) is 129 Å². The number of nitrogens with one attached hydrogen (secondary N) is 1. The molecular weight excluding hydrogens is 760 g/mol. The average Bonchev–Trinajstić information content (AvgIpc) is 3.53. The normalized spacial score (nSPS) is 26.1. The van der Waals surface area contributed by atoms with Crippen molar-refractivity contribution in [2.45, 2.75) is 36.9 Å². The number of ether oxygens (including phenoxy) is 1. The molecule has 1 saturated carbocycles. The van der Waals surface area contributed by atoms with Crippen molar-refractivity contribution in [2.75, 3.05) is 12.5 Å². The molecule has 6 unspecified atom stereocenters. The summed E-state index contributed by atoms with van der Waals surface area (Å²) in [7, 11) is 1.37. The fraction of sp³-hybridized carbons (Fsp3) is 0.275. The summed E-state index contributed by atoms with van der Waals surface area (Å²) in [4.78, 5) is 63.5. The van der Waals surface area contributed by atoms with Crippen molar-refractivity contribution in [1.29, 1.82) is 0 Å². The van der Waals surface area contributed by atoms with Gasteiger partial charge < -0.3 is 9.84 Å². The van der Waals surface area contributed by atoms with Crippen molar-refractivity contribution < 1.29 is 42.2 Å². The van der Waals surface area contributed by atoms with Crippen LogP contribution in [0.3, 0.4) is 0 Å². The molecule has 0 bridgehead atoms. The van der Waals surface area contributed by atoms with Crippen LogP contribution in [0.4, 0.5) is 19.0 Å². The van der Waals surface area contributed by atoms with E-state index in [0.29, 0.717) is 34.0 Å². The summed E-state index contributed by atoms with van der Waals surface area (Å²) in [6.07, 6.45) is -2.18. The monoisotopic (exact) mass is 790 g/mol. The van der Waals surface area contributed by atoms with E-state index in [1.807, 2.05) is 36.4 Å². The molecule has 3 aromatic carbocycles. The fourth-order valence-electron chi connectivity index (χ4n) is 9.02. The van der Waals surface area contributed by atoms with Crippen LogP contribution in [0.15, 0.2) is 96.7 Å². The van der Waals surface area contributed by atoms with Gasteiger partial charge >= 0.3 is 6.18 Å². The third-order valence-corrected chi connectivity index (χ3v) is 11.9. The Bertz CT molecular complexity index is 2290. The first-order valence-corrected chi connectivity index (χ1v) is 18.1. The number of hydrogen-bond donors (Lipinski definition) is 2. The summed E-state index contributed by atoms with van der Waals surface area (Å²) in [6, 6.07) is 20.8. The second-order valence-corrected chi connectivity index (χ2v) is 14.9. The first-order chi connectivity index (χ1) is 26.2. The maximum absolute atomic E-state index is 15.3. The molecule has 3 fully saturated rings. The van der Waals surface area contributed by atoms with E-state index in [9.17, 15) is 32.7 Å². The molecule has 1 aromatic heterocycles. The lowest BCUT2D eigenvalue weighted by atomic mass is 9.49. The molecule has 4 aliphatic rings. The molecule has 55 heavy (non-hydrogen) atoms. The molecule has 4 aromatic rings. The first-order valence-electron chi connectivity index (χ1n) is 17.4. The van der Waals surface area contributed by atoms with Gasteiger partial charge in [-0.1, -0.05) is 83.4 Å². The number of nitrogens with zero attached hydrogens (tertiary/aromatic N) is 3. The van der Waals surface area contributed by atoms with Crippen LogP contribution < -0.4 is 10.2 Å². The second-order valence-electron chi connectivity index (χ2n) is 14.1. The predicted octanol–water partition coefficient (Wildman–Crippen LogP) is 7.31. The molecule has 282 valence electrons. The zero-order chi connectivity index (χ0) is 39.0. The van der Waals surface area contributed by atoms with Crippen LogP contribution in [0.2, 0.25) is 10.0 Å². The predicted molar refractivity (Wildman–Crippen MR) is 194 cm³/mol. The van der Waals surface area contributed by atoms with Gasteiger partial charge in [-0.3, -0.25) is 29.5 Å². The fourth-order valence-corrected chi connectivity index (χ4v) is 9.35. The van der Waals surface area contributed by atoms with Crippen LogP contribution in [0, 0.1) is 23.7 Å². The van der Waals surface area contributed by atoms with Crippen LogP contribution in [-0.4, -0.2) is 50.7 Å². The number of phenols is 1. The van der Waals surface area contributed by atoms with E-state index in [1.165, 1.54) is 18.1 Å². The Hall–Kier alpha value is -5.40. The molecule has 10 nitrogen and oxygen atoms in total. The second kappa shape index (κ2) is 13.4. The van der Waals surface area contributed by atoms with Crippen LogP contribution in [0.1, 0.15) is 41.0 Å². The molecule has 3 heterocycles. The van der Waals surface area contributed by atoms with Crippen molar-refractivity contribution in [2.24, 2.45) is 23.7 Å². The van der Waals surface area contributed by atoms with E-state index in [0.717, 1.165) is 10.6 Å². The Morgan fingerprint density at radius 1 is 0.945 bits per heavy atom. The number of alkyl halides is 3. The highest BCUT2D eigenvalue weighted by molar-refractivity contribution is 6.33. The number of hydrazine groups is 1. The molecule has 2 N–H and O–H groups in total. The highest BCUT2D eigenvalue weighted by atomic mass is 35.5. The zero-order valence-electron chi connectivity index (χ0n) is 28.9. The number of imide groups is 2. The minimum Gasteiger partial charge on any atom is -0.504 e. The Labute approximate surface area is 322 Å². The summed E-state index contributed by atoms with van der Waals surface area (Å²) < 4.78 is 45.9. The number of methoxy groups -OCH3 is 1. The molecule has 2 aliphatic carbocycles. The molecule has 8 rings (SSSR count). The number of benzene rings is 3. The van der Waals surface area contributed by atoms with Gasteiger partial charge in [0.15, 0.2) is 17.3 Å². The number of amides is 4. The Morgan fingerprint density at radius 3 is 2.35 bits per heavy atom. The minimum atomic E-state index is -4.75. The molecular formula is C40H31Cl2F3N4O6. The highest BCUT2D eigenvalue weighted by Gasteiger charge is 2.70. The van der Waals surface area contributed by atoms with E-state index >= 15 is 4.79 Å². The van der Waals surface area contributed by atoms with E-state index in [4.69, 9.17) is 27.9 Å². The topological polar surface area (TPSA) is 129 Å². The number of likely N-dealkylation sites (tertiary alicyclic amines) is 1. The maximum atomic E-state index is 15.3. The van der Waals surface area contributed by atoms with E-state index < -0.39 is 63.6 Å². The van der Waals surface area contributed by atoms with Crippen LogP contribution in [-0.2, 0) is 37.3 Å². The van der Waals surface area contributed by atoms with Crippen molar-refractivity contribution in [3.8, 4) is 11.5 Å². The summed E-state index contributed by atoms with van der Waals surface area (Å²) in [5.41, 5.74) is 2.03. The molecule has 0 spiro atoms. The van der Waals surface area contributed by atoms with Gasteiger partial charge in [-0.2, -0.15) is 18.2 Å². The first kappa shape index (κ1) is 36.6. The Morgan fingerprint density at radius 2 is 1.67 bits per heavy atom. The molecule has 4 amide bonds. The van der Waals surface area contributed by atoms with Gasteiger partial charge in [0, 0.05) is 17.1 Å². The van der Waals surface area contributed by atoms with E-state index in [-0.39, 0.29) is 48.5 Å². The molecule has 2 aliphatic heterocycles. The number of allylic oxidation sites excluding steroid dienone is 2. The van der Waals surface area contributed by atoms with E-state index in [1.54, 1.807) is 36.4 Å². The van der Waals surface area contributed by atoms with Crippen molar-refractivity contribution >= 4 is 52.6 Å². The number of fused-ring (bicyclic) bond motifs is 4. The summed E-state index contributed by atoms with van der Waals surface area (Å²) in [6.45, 7) is 0.0697. The van der Waals surface area contributed by atoms with Crippen LogP contribution in [0.25, 0.3) is 0 Å². The van der Waals surface area contributed by atoms with Gasteiger partial charge in [0.05, 0.1) is 47.4 Å². The maximum Gasteiger partial charge on any atom is 0.417 e. The third-order valence-electron chi connectivity index (χ3n) is 11.4. The van der Waals surface area contributed by atoms with Crippen LogP contribution >= 0.6 is 23.2 Å². The lowest BCUT2D eigenvalue weighted by Crippen LogP contribution is -2.53. The minimum absolute atomic E-state index is 0.0313. The number of anilines is 1. The number of rotatable bonds is 7. The van der Waals surface area contributed by atoms with Gasteiger partial charge in [-0.25, -0.2) is 4.98 Å². The zero-order valence-corrected chi connectivity index (χ0v) is 30.4. The summed E-state index contributed by atoms with van der Waals surface area (Å²) in [5.74, 6) is -7.08. The van der Waals surface area contributed by atoms with E-state index in [2.05, 4.69) is 10.4 Å². The SMILES string of the molecule is COc1cc(C2C3=CCC4C(=O)N(Cc5ccccc5)C(=O)C4C3CC3C(=O)N(Nc4ncc(C(F)(F)F)cc4Cl)C(=O)C32c2ccc(Cl)cc2)ccc1O. The van der Waals surface area contributed by atoms with Gasteiger partial charge in [0.25, 0.3) is 11.8 Å². The quantitative estimate of drug-likeness (QED) is 0.147. The third kappa shape index (κ3) is 5.74. The molecule has 6 atom stereocenters. The van der Waals surface area contributed by atoms with Crippen molar-refractivity contribution in [1.82, 2.24) is 14.9 Å². The van der Waals surface area contributed by atoms with Crippen LogP contribution in [0.5, 0.6) is 11.5 Å². The van der Waals surface area contributed by atoms with Crippen molar-refractivity contribution in [3.63, 3.8) is 0 Å². The average molecular weight is 792 g/mol. The lowest BCUT2D eigenvalue weighted by molar-refractivity contribution is -0.142. The van der Waals surface area contributed by atoms with Gasteiger partial charge in [-0.15, -0.1) is 0 Å². The number of aromatic hydroxyl groups is 1. The standard InChI is InChI=1S/C40H31Cl2F3N4O6/c1-55-31-15-21(7-14-30(31)50)33-25-12-13-26-32(37(53)48(35(26)51)19-20-5-3-2-4-6-20)27(25)17-28-36(52)49(38(54)39(28,33)22-8-10-24(41)11-9-22)47-34-29(42)16-23(18-46-34)40(43,44)45/h2-12,14-16,18,26-28,32-33,50H,13,17,19H2,1H3,(H,46,47). The number of halogens is 5. The Balaban J connectivity index is 1.30. The Kier molecular flexibility index (Phi) is 8.92. The number of carbonyl (C=O) groups excluding carboxylic acids is 4. The van der Waals surface area contributed by atoms with Gasteiger partial charge in [0.1, 0.15) is 0 Å². The molecule has 15 heteroatoms. The lowest BCUT2D eigenvalue weighted by Gasteiger charge is -2.50. The molecule has 2 saturated heterocycles. The number of hydrogen-bond acceptors (Lipinski definition) is 8. The van der Waals surface area contributed by atoms with Gasteiger partial charge in [0.2, 0.25) is 11.8 Å². The summed E-state index contributed by atoms with van der Waals surface area (Å²) >= 11 is 12.6. The van der Waals surface area contributed by atoms with Gasteiger partial charge in [-0.05, 0) is 65.8 Å². The summed E-state index contributed by atoms with van der Waals surface area (Å²) in [5, 5.41) is 11.2. The number of aromatic nitrogens is 1. The number of pyridine rings is 1.